The number of hydrogen-bond acceptors (Lipinski definition) is 4. The number of sulfone groups is 1. The molecule has 2 aromatic rings. The summed E-state index contributed by atoms with van der Waals surface area (Å²) in [4.78, 5) is 0.213. The van der Waals surface area contributed by atoms with Gasteiger partial charge in [-0.15, -0.1) is 0 Å². The van der Waals surface area contributed by atoms with E-state index < -0.39 is 15.7 Å². The van der Waals surface area contributed by atoms with Crippen LogP contribution in [0.4, 0.5) is 10.1 Å². The minimum atomic E-state index is -3.74. The van der Waals surface area contributed by atoms with Gasteiger partial charge in [-0.1, -0.05) is 19.9 Å². The molecule has 2 aliphatic rings. The van der Waals surface area contributed by atoms with Gasteiger partial charge in [0, 0.05) is 17.6 Å². The van der Waals surface area contributed by atoms with E-state index in [2.05, 4.69) is 24.5 Å². The van der Waals surface area contributed by atoms with Crippen molar-refractivity contribution >= 4 is 15.5 Å². The van der Waals surface area contributed by atoms with Crippen molar-refractivity contribution in [2.75, 3.05) is 18.4 Å². The second kappa shape index (κ2) is 6.35. The molecule has 4 rings (SSSR count). The third-order valence-corrected chi connectivity index (χ3v) is 7.42. The molecule has 138 valence electrons. The van der Waals surface area contributed by atoms with Gasteiger partial charge in [-0.3, -0.25) is 0 Å². The van der Waals surface area contributed by atoms with Crippen LogP contribution in [0, 0.1) is 17.7 Å². The molecule has 6 heteroatoms. The van der Waals surface area contributed by atoms with E-state index in [9.17, 15) is 12.8 Å². The first-order valence-corrected chi connectivity index (χ1v) is 10.5. The molecule has 0 aromatic heterocycles. The topological polar surface area (TPSA) is 58.2 Å². The summed E-state index contributed by atoms with van der Waals surface area (Å²) in [6, 6.07) is 10.7. The van der Waals surface area contributed by atoms with E-state index >= 15 is 0 Å². The van der Waals surface area contributed by atoms with Crippen molar-refractivity contribution in [2.24, 2.45) is 11.8 Å². The van der Waals surface area contributed by atoms with Crippen LogP contribution in [0.3, 0.4) is 0 Å². The van der Waals surface area contributed by atoms with Crippen LogP contribution in [0.15, 0.2) is 52.3 Å². The molecule has 2 aliphatic heterocycles. The van der Waals surface area contributed by atoms with Gasteiger partial charge in [-0.2, -0.15) is 0 Å². The van der Waals surface area contributed by atoms with Crippen molar-refractivity contribution in [3.63, 3.8) is 0 Å². The van der Waals surface area contributed by atoms with E-state index in [1.807, 2.05) is 6.07 Å². The quantitative estimate of drug-likeness (QED) is 0.846. The average molecular weight is 374 g/mol. The second-order valence-electron chi connectivity index (χ2n) is 7.52. The summed E-state index contributed by atoms with van der Waals surface area (Å²) in [6.07, 6.45) is 0. The van der Waals surface area contributed by atoms with Crippen molar-refractivity contribution in [2.45, 2.75) is 35.6 Å². The second-order valence-corrected chi connectivity index (χ2v) is 9.47. The zero-order chi connectivity index (χ0) is 18.5. The van der Waals surface area contributed by atoms with Gasteiger partial charge in [0.1, 0.15) is 5.82 Å². The molecule has 0 radical (unpaired) electrons. The van der Waals surface area contributed by atoms with Crippen LogP contribution in [0.5, 0.6) is 0 Å². The Balaban J connectivity index is 1.78. The zero-order valence-corrected chi connectivity index (χ0v) is 15.7. The van der Waals surface area contributed by atoms with E-state index in [0.717, 1.165) is 30.4 Å². The van der Waals surface area contributed by atoms with Gasteiger partial charge in [-0.25, -0.2) is 12.8 Å². The van der Waals surface area contributed by atoms with Crippen molar-refractivity contribution in [1.82, 2.24) is 5.32 Å². The van der Waals surface area contributed by atoms with Crippen molar-refractivity contribution in [1.29, 1.82) is 0 Å². The Hall–Kier alpha value is -1.92. The van der Waals surface area contributed by atoms with Crippen LogP contribution in [-0.4, -0.2) is 27.5 Å². The number of anilines is 1. The fraction of sp³-hybridized carbons (Fsp3) is 0.400. The van der Waals surface area contributed by atoms with Gasteiger partial charge in [0.15, 0.2) is 0 Å². The molecule has 1 saturated heterocycles. The van der Waals surface area contributed by atoms with Gasteiger partial charge in [-0.05, 0) is 66.9 Å². The SMILES string of the molecule is CC1CNCC(C)[C@@H]2c3cc(S(=O)(=O)c4cccc(F)c4)ccc3NC12. The Morgan fingerprint density at radius 2 is 1.73 bits per heavy atom. The molecule has 2 heterocycles. The first-order chi connectivity index (χ1) is 12.4. The number of benzene rings is 2. The molecule has 0 amide bonds. The molecule has 3 unspecified atom stereocenters. The standard InChI is InChI=1S/C20H23FN2O2S/c1-12-10-22-11-13(2)20-19(12)17-9-16(6-7-18(17)23-20)26(24,25)15-5-3-4-14(21)8-15/h3-9,12-13,19-20,22-23H,10-11H2,1-2H3/t12?,13?,19-,20?/m1/s1. The highest BCUT2D eigenvalue weighted by Crippen LogP contribution is 2.45. The lowest BCUT2D eigenvalue weighted by atomic mass is 9.81. The summed E-state index contributed by atoms with van der Waals surface area (Å²) in [5, 5.41) is 7.07. The summed E-state index contributed by atoms with van der Waals surface area (Å²) in [6.45, 7) is 6.27. The van der Waals surface area contributed by atoms with Crippen molar-refractivity contribution in [3.05, 3.63) is 53.8 Å². The lowest BCUT2D eigenvalue weighted by Gasteiger charge is -2.26. The maximum absolute atomic E-state index is 13.5. The summed E-state index contributed by atoms with van der Waals surface area (Å²) in [7, 11) is -3.74. The van der Waals surface area contributed by atoms with E-state index in [1.165, 1.54) is 18.2 Å². The summed E-state index contributed by atoms with van der Waals surface area (Å²) < 4.78 is 39.4. The predicted octanol–water partition coefficient (Wildman–Crippen LogP) is 3.41. The Labute approximate surface area is 153 Å². The third kappa shape index (κ3) is 2.81. The molecule has 0 aliphatic carbocycles. The smallest absolute Gasteiger partial charge is 0.206 e. The van der Waals surface area contributed by atoms with Crippen molar-refractivity contribution < 1.29 is 12.8 Å². The van der Waals surface area contributed by atoms with Crippen LogP contribution in [0.25, 0.3) is 0 Å². The molecule has 2 aromatic carbocycles. The number of fused-ring (bicyclic) bond motifs is 3. The average Bonchev–Trinajstić information content (AvgIpc) is 2.94. The molecule has 0 spiro atoms. The number of nitrogens with one attached hydrogen (secondary N) is 2. The Morgan fingerprint density at radius 1 is 1.00 bits per heavy atom. The predicted molar refractivity (Wildman–Crippen MR) is 99.6 cm³/mol. The lowest BCUT2D eigenvalue weighted by Crippen LogP contribution is -2.32. The summed E-state index contributed by atoms with van der Waals surface area (Å²) >= 11 is 0. The third-order valence-electron chi connectivity index (χ3n) is 5.67. The molecule has 2 N–H and O–H groups in total. The first-order valence-electron chi connectivity index (χ1n) is 9.00. The first kappa shape index (κ1) is 17.5. The van der Waals surface area contributed by atoms with Gasteiger partial charge >= 0.3 is 0 Å². The Kier molecular flexibility index (Phi) is 4.28. The molecule has 1 fully saturated rings. The fourth-order valence-corrected chi connectivity index (χ4v) is 5.62. The van der Waals surface area contributed by atoms with E-state index in [1.54, 1.807) is 12.1 Å². The Morgan fingerprint density at radius 3 is 2.50 bits per heavy atom. The summed E-state index contributed by atoms with van der Waals surface area (Å²) in [5.41, 5.74) is 2.06. The molecular weight excluding hydrogens is 351 g/mol. The fourth-order valence-electron chi connectivity index (χ4n) is 4.30. The van der Waals surface area contributed by atoms with Gasteiger partial charge < -0.3 is 10.6 Å². The van der Waals surface area contributed by atoms with Crippen LogP contribution < -0.4 is 10.6 Å². The van der Waals surface area contributed by atoms with Crippen LogP contribution in [0.2, 0.25) is 0 Å². The zero-order valence-electron chi connectivity index (χ0n) is 14.9. The van der Waals surface area contributed by atoms with Crippen LogP contribution >= 0.6 is 0 Å². The number of halogens is 1. The van der Waals surface area contributed by atoms with Crippen LogP contribution in [-0.2, 0) is 9.84 Å². The lowest BCUT2D eigenvalue weighted by molar-refractivity contribution is 0.402. The molecule has 0 bridgehead atoms. The van der Waals surface area contributed by atoms with E-state index in [0.29, 0.717) is 17.9 Å². The summed E-state index contributed by atoms with van der Waals surface area (Å²) in [5.74, 6) is 0.551. The monoisotopic (exact) mass is 374 g/mol. The molecular formula is C20H23FN2O2S. The normalized spacial score (nSPS) is 28.0. The highest BCUT2D eigenvalue weighted by atomic mass is 32.2. The maximum Gasteiger partial charge on any atom is 0.206 e. The van der Waals surface area contributed by atoms with Crippen molar-refractivity contribution in [3.8, 4) is 0 Å². The van der Waals surface area contributed by atoms with E-state index in [-0.39, 0.29) is 15.7 Å². The van der Waals surface area contributed by atoms with Gasteiger partial charge in [0.05, 0.1) is 9.79 Å². The van der Waals surface area contributed by atoms with Gasteiger partial charge in [0.2, 0.25) is 9.84 Å². The minimum Gasteiger partial charge on any atom is -0.381 e. The molecule has 4 nitrogen and oxygen atoms in total. The van der Waals surface area contributed by atoms with E-state index in [4.69, 9.17) is 0 Å². The van der Waals surface area contributed by atoms with Gasteiger partial charge in [0.25, 0.3) is 0 Å². The largest absolute Gasteiger partial charge is 0.381 e. The maximum atomic E-state index is 13.5. The number of hydrogen-bond donors (Lipinski definition) is 2. The highest BCUT2D eigenvalue weighted by molar-refractivity contribution is 7.91. The Bertz CT molecular complexity index is 945. The molecule has 26 heavy (non-hydrogen) atoms. The number of rotatable bonds is 2. The molecule has 4 atom stereocenters. The highest BCUT2D eigenvalue weighted by Gasteiger charge is 2.40. The molecule has 0 saturated carbocycles. The van der Waals surface area contributed by atoms with Crippen LogP contribution in [0.1, 0.15) is 25.3 Å². The minimum absolute atomic E-state index is 0.0103.